The van der Waals surface area contributed by atoms with E-state index in [9.17, 15) is 8.42 Å². The Bertz CT molecular complexity index is 1300. The molecule has 0 fully saturated rings. The molecule has 146 valence electrons. The number of rotatable bonds is 5. The van der Waals surface area contributed by atoms with E-state index in [4.69, 9.17) is 0 Å². The Labute approximate surface area is 176 Å². The van der Waals surface area contributed by atoms with Crippen LogP contribution in [0.5, 0.6) is 0 Å². The van der Waals surface area contributed by atoms with Gasteiger partial charge in [-0.25, -0.2) is 4.98 Å². The molecule has 0 aliphatic carbocycles. The summed E-state index contributed by atoms with van der Waals surface area (Å²) < 4.78 is 28.9. The number of sulfonamides is 1. The van der Waals surface area contributed by atoms with Crippen LogP contribution in [0.25, 0.3) is 16.8 Å². The van der Waals surface area contributed by atoms with Crippen molar-refractivity contribution in [2.24, 2.45) is 5.10 Å². The number of benzene rings is 1. The molecule has 0 saturated heterocycles. The predicted molar refractivity (Wildman–Crippen MR) is 115 cm³/mol. The van der Waals surface area contributed by atoms with Crippen molar-refractivity contribution in [3.63, 3.8) is 0 Å². The first kappa shape index (κ1) is 19.3. The van der Waals surface area contributed by atoms with Gasteiger partial charge in [0, 0.05) is 41.2 Å². The maximum atomic E-state index is 12.7. The number of hydrogen-bond donors (Lipinski definition) is 0. The summed E-state index contributed by atoms with van der Waals surface area (Å²) in [6, 6.07) is 14.2. The van der Waals surface area contributed by atoms with Gasteiger partial charge in [-0.05, 0) is 36.4 Å². The molecule has 4 rings (SSSR count). The van der Waals surface area contributed by atoms with Crippen molar-refractivity contribution in [2.45, 2.75) is 4.90 Å². The largest absolute Gasteiger partial charge is 0.298 e. The Morgan fingerprint density at radius 1 is 1.10 bits per heavy atom. The van der Waals surface area contributed by atoms with Gasteiger partial charge in [0.05, 0.1) is 23.0 Å². The zero-order chi connectivity index (χ0) is 20.4. The predicted octanol–water partition coefficient (Wildman–Crippen LogP) is 3.81. The fourth-order valence-corrected chi connectivity index (χ4v) is 4.34. The lowest BCUT2D eigenvalue weighted by Gasteiger charge is -2.13. The molecule has 29 heavy (non-hydrogen) atoms. The van der Waals surface area contributed by atoms with E-state index >= 15 is 0 Å². The van der Waals surface area contributed by atoms with Crippen LogP contribution < -0.4 is 0 Å². The summed E-state index contributed by atoms with van der Waals surface area (Å²) in [7, 11) is -2.35. The molecule has 1 aromatic carbocycles. The first-order valence-corrected chi connectivity index (χ1v) is 10.8. The van der Waals surface area contributed by atoms with E-state index in [2.05, 4.69) is 31.0 Å². The number of hydrazone groups is 1. The lowest BCUT2D eigenvalue weighted by atomic mass is 10.1. The average molecular weight is 470 g/mol. The second-order valence-corrected chi connectivity index (χ2v) is 9.08. The quantitative estimate of drug-likeness (QED) is 0.328. The highest BCUT2D eigenvalue weighted by Gasteiger charge is 2.19. The molecule has 3 aromatic heterocycles. The Morgan fingerprint density at radius 3 is 2.72 bits per heavy atom. The van der Waals surface area contributed by atoms with E-state index in [-0.39, 0.29) is 4.90 Å². The molecule has 0 aliphatic rings. The topological polar surface area (TPSA) is 79.9 Å². The summed E-state index contributed by atoms with van der Waals surface area (Å²) >= 11 is 3.29. The fourth-order valence-electron chi connectivity index (χ4n) is 2.78. The van der Waals surface area contributed by atoms with Crippen LogP contribution >= 0.6 is 15.9 Å². The monoisotopic (exact) mass is 469 g/mol. The molecule has 0 unspecified atom stereocenters. The van der Waals surface area contributed by atoms with E-state index in [1.54, 1.807) is 30.7 Å². The molecule has 0 radical (unpaired) electrons. The molecule has 0 N–H and O–H groups in total. The van der Waals surface area contributed by atoms with Crippen LogP contribution in [0.1, 0.15) is 5.69 Å². The standard InChI is InChI=1S/C20H16BrN5O2S/c1-25(29(27,28)19-6-2-5-17(21)10-19)24-13-18-12-23-20-8-7-16(14-26(18)20)15-4-3-9-22-11-15/h2-14H,1H3. The van der Waals surface area contributed by atoms with Gasteiger partial charge in [-0.1, -0.05) is 28.1 Å². The second kappa shape index (κ2) is 7.76. The number of hydrogen-bond acceptors (Lipinski definition) is 5. The zero-order valence-electron chi connectivity index (χ0n) is 15.3. The fraction of sp³-hybridized carbons (Fsp3) is 0.0500. The number of fused-ring (bicyclic) bond motifs is 1. The lowest BCUT2D eigenvalue weighted by molar-refractivity contribution is 0.491. The van der Waals surface area contributed by atoms with Crippen LogP contribution in [0.2, 0.25) is 0 Å². The van der Waals surface area contributed by atoms with Gasteiger partial charge in [0.25, 0.3) is 10.0 Å². The molecule has 0 saturated carbocycles. The summed E-state index contributed by atoms with van der Waals surface area (Å²) in [5, 5.41) is 4.13. The highest BCUT2D eigenvalue weighted by Crippen LogP contribution is 2.21. The van der Waals surface area contributed by atoms with Gasteiger partial charge in [-0.15, -0.1) is 0 Å². The molecule has 0 bridgehead atoms. The third-order valence-electron chi connectivity index (χ3n) is 4.32. The highest BCUT2D eigenvalue weighted by atomic mass is 79.9. The SMILES string of the molecule is CN(N=Cc1cnc2ccc(-c3cccnc3)cn12)S(=O)(=O)c1cccc(Br)c1. The summed E-state index contributed by atoms with van der Waals surface area (Å²) in [6.45, 7) is 0. The molecule has 4 aromatic rings. The molecule has 9 heteroatoms. The minimum Gasteiger partial charge on any atom is -0.298 e. The van der Waals surface area contributed by atoms with Gasteiger partial charge in [0.1, 0.15) is 5.65 Å². The molecule has 7 nitrogen and oxygen atoms in total. The van der Waals surface area contributed by atoms with Gasteiger partial charge in [0.15, 0.2) is 0 Å². The Kier molecular flexibility index (Phi) is 5.16. The van der Waals surface area contributed by atoms with Crippen molar-refractivity contribution in [3.8, 4) is 11.1 Å². The Hall–Kier alpha value is -3.04. The normalized spacial score (nSPS) is 11.9. The van der Waals surface area contributed by atoms with Gasteiger partial charge < -0.3 is 0 Å². The number of pyridine rings is 2. The van der Waals surface area contributed by atoms with Gasteiger partial charge in [0.2, 0.25) is 0 Å². The number of imidazole rings is 1. The van der Waals surface area contributed by atoms with Gasteiger partial charge in [-0.3, -0.25) is 9.38 Å². The summed E-state index contributed by atoms with van der Waals surface area (Å²) in [4.78, 5) is 8.65. The van der Waals surface area contributed by atoms with Crippen LogP contribution in [0.15, 0.2) is 87.8 Å². The molecule has 0 spiro atoms. The minimum absolute atomic E-state index is 0.156. The summed E-state index contributed by atoms with van der Waals surface area (Å²) in [6.07, 6.45) is 8.54. The molecule has 0 amide bonds. The van der Waals surface area contributed by atoms with E-state index in [1.165, 1.54) is 25.4 Å². The highest BCUT2D eigenvalue weighted by molar-refractivity contribution is 9.10. The first-order chi connectivity index (χ1) is 13.9. The van der Waals surface area contributed by atoms with Crippen molar-refractivity contribution in [1.82, 2.24) is 18.8 Å². The summed E-state index contributed by atoms with van der Waals surface area (Å²) in [5.41, 5.74) is 3.33. The van der Waals surface area contributed by atoms with E-state index in [0.717, 1.165) is 21.2 Å². The molecular formula is C20H16BrN5O2S. The first-order valence-electron chi connectivity index (χ1n) is 8.61. The van der Waals surface area contributed by atoms with Crippen molar-refractivity contribution in [3.05, 3.63) is 83.5 Å². The molecule has 0 atom stereocenters. The Morgan fingerprint density at radius 2 is 1.97 bits per heavy atom. The van der Waals surface area contributed by atoms with Crippen LogP contribution in [0, 0.1) is 0 Å². The zero-order valence-corrected chi connectivity index (χ0v) is 17.7. The van der Waals surface area contributed by atoms with Crippen LogP contribution in [-0.2, 0) is 10.0 Å². The molecule has 3 heterocycles. The third kappa shape index (κ3) is 3.92. The van der Waals surface area contributed by atoms with E-state index in [1.807, 2.05) is 34.9 Å². The van der Waals surface area contributed by atoms with Crippen molar-refractivity contribution in [2.75, 3.05) is 7.05 Å². The third-order valence-corrected chi connectivity index (χ3v) is 6.46. The minimum atomic E-state index is -3.75. The van der Waals surface area contributed by atoms with Crippen molar-refractivity contribution in [1.29, 1.82) is 0 Å². The lowest BCUT2D eigenvalue weighted by Crippen LogP contribution is -2.22. The van der Waals surface area contributed by atoms with Gasteiger partial charge in [-0.2, -0.15) is 17.9 Å². The van der Waals surface area contributed by atoms with Crippen LogP contribution in [0.3, 0.4) is 0 Å². The number of nitrogens with zero attached hydrogens (tertiary/aromatic N) is 5. The smallest absolute Gasteiger partial charge is 0.278 e. The maximum Gasteiger partial charge on any atom is 0.278 e. The number of aromatic nitrogens is 3. The van der Waals surface area contributed by atoms with Crippen LogP contribution in [0.4, 0.5) is 0 Å². The summed E-state index contributed by atoms with van der Waals surface area (Å²) in [5.74, 6) is 0. The second-order valence-electron chi connectivity index (χ2n) is 6.21. The molecule has 0 aliphatic heterocycles. The molecular weight excluding hydrogens is 454 g/mol. The van der Waals surface area contributed by atoms with Crippen molar-refractivity contribution >= 4 is 37.8 Å². The van der Waals surface area contributed by atoms with E-state index < -0.39 is 10.0 Å². The maximum absolute atomic E-state index is 12.7. The van der Waals surface area contributed by atoms with Gasteiger partial charge >= 0.3 is 0 Å². The van der Waals surface area contributed by atoms with Crippen LogP contribution in [-0.4, -0.2) is 40.5 Å². The van der Waals surface area contributed by atoms with E-state index in [0.29, 0.717) is 10.2 Å². The average Bonchev–Trinajstić information content (AvgIpc) is 3.14. The number of halogens is 1. The Balaban J connectivity index is 1.66. The van der Waals surface area contributed by atoms with Crippen molar-refractivity contribution < 1.29 is 8.42 Å².